The summed E-state index contributed by atoms with van der Waals surface area (Å²) in [5.41, 5.74) is 1.43. The molecular formula is C15H18N2O3. The fraction of sp³-hybridized carbons (Fsp3) is 0.400. The average molecular weight is 274 g/mol. The third-order valence-corrected chi connectivity index (χ3v) is 3.77. The first-order valence-electron chi connectivity index (χ1n) is 6.76. The number of methoxy groups -OCH3 is 1. The Kier molecular flexibility index (Phi) is 3.46. The second-order valence-corrected chi connectivity index (χ2v) is 5.25. The van der Waals surface area contributed by atoms with Gasteiger partial charge in [0.25, 0.3) is 5.56 Å². The zero-order chi connectivity index (χ0) is 14.1. The molecule has 3 rings (SSSR count). The van der Waals surface area contributed by atoms with Crippen LogP contribution in [0.1, 0.15) is 12.0 Å². The van der Waals surface area contributed by atoms with E-state index < -0.39 is 0 Å². The number of aromatic amines is 1. The zero-order valence-electron chi connectivity index (χ0n) is 11.4. The van der Waals surface area contributed by atoms with Crippen molar-refractivity contribution >= 4 is 10.9 Å². The summed E-state index contributed by atoms with van der Waals surface area (Å²) >= 11 is 0. The molecule has 0 radical (unpaired) electrons. The Balaban J connectivity index is 1.92. The number of H-pyrrole nitrogens is 1. The summed E-state index contributed by atoms with van der Waals surface area (Å²) in [6, 6.07) is 7.55. The van der Waals surface area contributed by atoms with E-state index in [9.17, 15) is 9.90 Å². The van der Waals surface area contributed by atoms with Crippen LogP contribution in [0.3, 0.4) is 0 Å². The number of aliphatic hydroxyl groups excluding tert-OH is 1. The van der Waals surface area contributed by atoms with Gasteiger partial charge in [-0.3, -0.25) is 9.69 Å². The molecule has 0 aliphatic carbocycles. The maximum Gasteiger partial charge on any atom is 0.252 e. The van der Waals surface area contributed by atoms with Crippen molar-refractivity contribution in [3.05, 3.63) is 40.2 Å². The highest BCUT2D eigenvalue weighted by molar-refractivity contribution is 5.80. The van der Waals surface area contributed by atoms with Crippen LogP contribution in [-0.4, -0.2) is 41.3 Å². The minimum Gasteiger partial charge on any atom is -0.497 e. The summed E-state index contributed by atoms with van der Waals surface area (Å²) in [7, 11) is 1.60. The molecule has 1 aromatic carbocycles. The van der Waals surface area contributed by atoms with Gasteiger partial charge in [0.1, 0.15) is 5.75 Å². The monoisotopic (exact) mass is 274 g/mol. The Hall–Kier alpha value is -1.85. The molecule has 5 heteroatoms. The lowest BCUT2D eigenvalue weighted by molar-refractivity contribution is 0.174. The van der Waals surface area contributed by atoms with Crippen LogP contribution in [0.2, 0.25) is 0 Å². The lowest BCUT2D eigenvalue weighted by Gasteiger charge is -2.14. The smallest absolute Gasteiger partial charge is 0.252 e. The van der Waals surface area contributed by atoms with Gasteiger partial charge in [-0.05, 0) is 30.0 Å². The van der Waals surface area contributed by atoms with Gasteiger partial charge in [-0.2, -0.15) is 0 Å². The first-order valence-corrected chi connectivity index (χ1v) is 6.76. The van der Waals surface area contributed by atoms with Gasteiger partial charge in [-0.1, -0.05) is 0 Å². The summed E-state index contributed by atoms with van der Waals surface area (Å²) < 4.78 is 5.15. The van der Waals surface area contributed by atoms with Gasteiger partial charge in [0, 0.05) is 31.3 Å². The van der Waals surface area contributed by atoms with Gasteiger partial charge in [0.05, 0.1) is 18.7 Å². The zero-order valence-corrected chi connectivity index (χ0v) is 11.4. The lowest BCUT2D eigenvalue weighted by Crippen LogP contribution is -2.25. The number of fused-ring (bicyclic) bond motifs is 1. The third kappa shape index (κ3) is 2.55. The first-order chi connectivity index (χ1) is 9.65. The number of pyridine rings is 1. The maximum absolute atomic E-state index is 12.1. The van der Waals surface area contributed by atoms with Gasteiger partial charge in [0.2, 0.25) is 0 Å². The van der Waals surface area contributed by atoms with Crippen molar-refractivity contribution < 1.29 is 9.84 Å². The summed E-state index contributed by atoms with van der Waals surface area (Å²) in [4.78, 5) is 17.1. The average Bonchev–Trinajstić information content (AvgIpc) is 2.84. The SMILES string of the molecule is COc1ccc2cc(CN3CC[C@H](O)C3)c(=O)[nH]c2c1. The second-order valence-electron chi connectivity index (χ2n) is 5.25. The number of β-amino-alcohol motifs (C(OH)–C–C–N with tert-alkyl or cyclic N) is 1. The lowest BCUT2D eigenvalue weighted by atomic mass is 10.1. The van der Waals surface area contributed by atoms with Crippen LogP contribution in [0, 0.1) is 0 Å². The van der Waals surface area contributed by atoms with E-state index in [4.69, 9.17) is 4.74 Å². The molecular weight excluding hydrogens is 256 g/mol. The van der Waals surface area contributed by atoms with Gasteiger partial charge in [-0.15, -0.1) is 0 Å². The van der Waals surface area contributed by atoms with E-state index in [-0.39, 0.29) is 11.7 Å². The van der Waals surface area contributed by atoms with Gasteiger partial charge >= 0.3 is 0 Å². The van der Waals surface area contributed by atoms with Crippen molar-refractivity contribution in [3.8, 4) is 5.75 Å². The fourth-order valence-electron chi connectivity index (χ4n) is 2.67. The quantitative estimate of drug-likeness (QED) is 0.880. The molecule has 1 fully saturated rings. The number of ether oxygens (including phenoxy) is 1. The number of benzene rings is 1. The van der Waals surface area contributed by atoms with Crippen LogP contribution in [0.15, 0.2) is 29.1 Å². The Morgan fingerprint density at radius 3 is 3.00 bits per heavy atom. The predicted octanol–water partition coefficient (Wildman–Crippen LogP) is 1.10. The molecule has 1 aliphatic rings. The topological polar surface area (TPSA) is 65.6 Å². The number of aliphatic hydroxyl groups is 1. The molecule has 20 heavy (non-hydrogen) atoms. The first kappa shape index (κ1) is 13.1. The van der Waals surface area contributed by atoms with Crippen LogP contribution in [0.5, 0.6) is 5.75 Å². The molecule has 0 amide bonds. The van der Waals surface area contributed by atoms with E-state index in [2.05, 4.69) is 9.88 Å². The van der Waals surface area contributed by atoms with Gasteiger partial charge in [-0.25, -0.2) is 0 Å². The largest absolute Gasteiger partial charge is 0.497 e. The van der Waals surface area contributed by atoms with Crippen LogP contribution in [0.4, 0.5) is 0 Å². The summed E-state index contributed by atoms with van der Waals surface area (Å²) in [5.74, 6) is 0.726. The van der Waals surface area contributed by atoms with E-state index in [0.717, 1.165) is 35.2 Å². The Labute approximate surface area is 116 Å². The van der Waals surface area contributed by atoms with Crippen molar-refractivity contribution in [1.82, 2.24) is 9.88 Å². The van der Waals surface area contributed by atoms with E-state index in [1.807, 2.05) is 24.3 Å². The molecule has 0 spiro atoms. The number of rotatable bonds is 3. The van der Waals surface area contributed by atoms with Crippen LogP contribution < -0.4 is 10.3 Å². The molecule has 1 aromatic heterocycles. The minimum atomic E-state index is -0.265. The molecule has 2 heterocycles. The summed E-state index contributed by atoms with van der Waals surface area (Å²) in [5, 5.41) is 10.5. The molecule has 2 aromatic rings. The number of hydrogen-bond donors (Lipinski definition) is 2. The number of nitrogens with zero attached hydrogens (tertiary/aromatic N) is 1. The van der Waals surface area contributed by atoms with E-state index in [1.165, 1.54) is 0 Å². The molecule has 2 N–H and O–H groups in total. The molecule has 1 atom stereocenters. The number of nitrogens with one attached hydrogen (secondary N) is 1. The molecule has 0 bridgehead atoms. The highest BCUT2D eigenvalue weighted by atomic mass is 16.5. The molecule has 1 saturated heterocycles. The molecule has 106 valence electrons. The molecule has 0 unspecified atom stereocenters. The Morgan fingerprint density at radius 2 is 2.30 bits per heavy atom. The van der Waals surface area contributed by atoms with Crippen LogP contribution in [-0.2, 0) is 6.54 Å². The number of hydrogen-bond acceptors (Lipinski definition) is 4. The summed E-state index contributed by atoms with van der Waals surface area (Å²) in [6.07, 6.45) is 0.515. The van der Waals surface area contributed by atoms with E-state index >= 15 is 0 Å². The standard InChI is InChI=1S/C15H18N2O3/c1-20-13-3-2-10-6-11(15(19)16-14(10)7-13)8-17-5-4-12(18)9-17/h2-3,6-7,12,18H,4-5,8-9H2,1H3,(H,16,19)/t12-/m0/s1. The molecule has 0 saturated carbocycles. The molecule has 1 aliphatic heterocycles. The third-order valence-electron chi connectivity index (χ3n) is 3.77. The highest BCUT2D eigenvalue weighted by Crippen LogP contribution is 2.19. The van der Waals surface area contributed by atoms with Crippen LogP contribution in [0.25, 0.3) is 10.9 Å². The fourth-order valence-corrected chi connectivity index (χ4v) is 2.67. The maximum atomic E-state index is 12.1. The van der Waals surface area contributed by atoms with Gasteiger partial charge < -0.3 is 14.8 Å². The predicted molar refractivity (Wildman–Crippen MR) is 77.0 cm³/mol. The Bertz CT molecular complexity index is 680. The van der Waals surface area contributed by atoms with Crippen molar-refractivity contribution in [2.45, 2.75) is 19.1 Å². The molecule has 5 nitrogen and oxygen atoms in total. The van der Waals surface area contributed by atoms with Crippen molar-refractivity contribution in [2.75, 3.05) is 20.2 Å². The van der Waals surface area contributed by atoms with Crippen molar-refractivity contribution in [2.24, 2.45) is 0 Å². The van der Waals surface area contributed by atoms with E-state index in [0.29, 0.717) is 13.1 Å². The van der Waals surface area contributed by atoms with Crippen molar-refractivity contribution in [1.29, 1.82) is 0 Å². The second kappa shape index (κ2) is 5.26. The normalized spacial score (nSPS) is 19.6. The van der Waals surface area contributed by atoms with Crippen LogP contribution >= 0.6 is 0 Å². The van der Waals surface area contributed by atoms with Crippen molar-refractivity contribution in [3.63, 3.8) is 0 Å². The minimum absolute atomic E-state index is 0.0767. The van der Waals surface area contributed by atoms with Gasteiger partial charge in [0.15, 0.2) is 0 Å². The Morgan fingerprint density at radius 1 is 1.45 bits per heavy atom. The summed E-state index contributed by atoms with van der Waals surface area (Å²) in [6.45, 7) is 2.05. The number of likely N-dealkylation sites (tertiary alicyclic amines) is 1. The van der Waals surface area contributed by atoms with E-state index in [1.54, 1.807) is 7.11 Å². The highest BCUT2D eigenvalue weighted by Gasteiger charge is 2.20. The number of aromatic nitrogens is 1.